The number of sulfonamides is 2. The quantitative estimate of drug-likeness (QED) is 0.678. The summed E-state index contributed by atoms with van der Waals surface area (Å²) in [4.78, 5) is 12.1. The Morgan fingerprint density at radius 1 is 1.16 bits per heavy atom. The van der Waals surface area contributed by atoms with Crippen LogP contribution < -0.4 is 4.13 Å². The first-order valence-electron chi connectivity index (χ1n) is 8.02. The molecule has 4 aliphatic rings. The zero-order valence-electron chi connectivity index (χ0n) is 13.7. The Morgan fingerprint density at radius 2 is 1.68 bits per heavy atom. The Hall–Kier alpha value is -0.650. The van der Waals surface area contributed by atoms with Crippen molar-refractivity contribution in [3.63, 3.8) is 0 Å². The van der Waals surface area contributed by atoms with Crippen molar-refractivity contribution in [2.75, 3.05) is 6.26 Å². The molecular formula is C14H21F2NO6S2. The number of halogens is 2. The Balaban J connectivity index is 1.82. The van der Waals surface area contributed by atoms with E-state index in [2.05, 4.69) is 0 Å². The van der Waals surface area contributed by atoms with Crippen molar-refractivity contribution in [3.05, 3.63) is 0 Å². The van der Waals surface area contributed by atoms with Crippen molar-refractivity contribution < 1.29 is 35.5 Å². The topological polar surface area (TPSA) is 118 Å². The lowest BCUT2D eigenvalue weighted by molar-refractivity contribution is -0.172. The van der Waals surface area contributed by atoms with Crippen LogP contribution >= 0.6 is 0 Å². The minimum absolute atomic E-state index is 0.151. The lowest BCUT2D eigenvalue weighted by atomic mass is 9.47. The molecule has 0 aliphatic heterocycles. The summed E-state index contributed by atoms with van der Waals surface area (Å²) in [5.41, 5.74) is -1.80. The average molecular weight is 401 g/mol. The Labute approximate surface area is 145 Å². The molecule has 4 bridgehead atoms. The lowest BCUT2D eigenvalue weighted by Gasteiger charge is -2.60. The van der Waals surface area contributed by atoms with E-state index in [-0.39, 0.29) is 18.3 Å². The third kappa shape index (κ3) is 3.47. The van der Waals surface area contributed by atoms with Crippen molar-refractivity contribution in [2.24, 2.45) is 17.3 Å². The second-order valence-electron chi connectivity index (χ2n) is 8.16. The number of hydrogen-bond donors (Lipinski definition) is 2. The second-order valence-corrected chi connectivity index (χ2v) is 11.9. The van der Waals surface area contributed by atoms with Gasteiger partial charge >= 0.3 is 5.25 Å². The molecule has 0 spiro atoms. The molecule has 4 aliphatic carbocycles. The Morgan fingerprint density at radius 3 is 2.12 bits per heavy atom. The van der Waals surface area contributed by atoms with E-state index in [9.17, 15) is 35.5 Å². The van der Waals surface area contributed by atoms with Gasteiger partial charge in [-0.1, -0.05) is 0 Å². The Kier molecular flexibility index (Phi) is 4.15. The fourth-order valence-corrected chi connectivity index (χ4v) is 7.84. The number of aliphatic hydroxyl groups is 1. The molecule has 4 saturated carbocycles. The van der Waals surface area contributed by atoms with Crippen molar-refractivity contribution in [1.29, 1.82) is 0 Å². The van der Waals surface area contributed by atoms with Gasteiger partial charge < -0.3 is 5.11 Å². The van der Waals surface area contributed by atoms with E-state index in [0.717, 1.165) is 10.5 Å². The van der Waals surface area contributed by atoms with Gasteiger partial charge in [0.1, 0.15) is 0 Å². The minimum atomic E-state index is -5.70. The summed E-state index contributed by atoms with van der Waals surface area (Å²) in [6.45, 7) is 0. The SMILES string of the molecule is CS(=O)(=O)NS(=O)(=O)C(F)(F)C(=O)CC12CC3CC(CC(O)(C3)C1)C2. The van der Waals surface area contributed by atoms with Crippen LogP contribution in [0.1, 0.15) is 44.9 Å². The number of alkyl halides is 2. The molecule has 2 atom stereocenters. The molecule has 0 aromatic rings. The van der Waals surface area contributed by atoms with Crippen LogP contribution in [-0.4, -0.2) is 44.8 Å². The standard InChI is InChI=1S/C14H21F2NO6S2/c1-24(20,21)17-25(22,23)14(15,16)11(18)7-12-3-9-2-10(4-12)6-13(19,5-9)8-12/h9-10,17,19H,2-8H2,1H3. The van der Waals surface area contributed by atoms with Crippen LogP contribution in [0.25, 0.3) is 0 Å². The third-order valence-corrected chi connectivity index (χ3v) is 8.60. The summed E-state index contributed by atoms with van der Waals surface area (Å²) in [7, 11) is -10.2. The molecule has 0 aromatic carbocycles. The first kappa shape index (κ1) is 19.1. The van der Waals surface area contributed by atoms with Gasteiger partial charge in [0.05, 0.1) is 11.9 Å². The molecule has 144 valence electrons. The molecule has 0 amide bonds. The monoisotopic (exact) mass is 401 g/mol. The van der Waals surface area contributed by atoms with Crippen molar-refractivity contribution in [3.8, 4) is 0 Å². The average Bonchev–Trinajstić information content (AvgIpc) is 2.31. The molecule has 25 heavy (non-hydrogen) atoms. The van der Waals surface area contributed by atoms with Gasteiger partial charge in [0.25, 0.3) is 10.0 Å². The minimum Gasteiger partial charge on any atom is -0.390 e. The summed E-state index contributed by atoms with van der Waals surface area (Å²) in [6, 6.07) is 0. The van der Waals surface area contributed by atoms with Gasteiger partial charge in [0.2, 0.25) is 15.8 Å². The van der Waals surface area contributed by atoms with E-state index in [4.69, 9.17) is 0 Å². The summed E-state index contributed by atoms with van der Waals surface area (Å²) >= 11 is 0. The highest BCUT2D eigenvalue weighted by Gasteiger charge is 2.61. The van der Waals surface area contributed by atoms with E-state index in [1.165, 1.54) is 0 Å². The zero-order valence-corrected chi connectivity index (χ0v) is 15.3. The van der Waals surface area contributed by atoms with E-state index < -0.39 is 48.5 Å². The zero-order chi connectivity index (χ0) is 18.9. The highest BCUT2D eigenvalue weighted by atomic mass is 32.3. The molecule has 7 nitrogen and oxygen atoms in total. The van der Waals surface area contributed by atoms with Crippen LogP contribution in [0.4, 0.5) is 8.78 Å². The van der Waals surface area contributed by atoms with Gasteiger partial charge in [-0.3, -0.25) is 4.79 Å². The maximum absolute atomic E-state index is 14.2. The molecule has 0 heterocycles. The highest BCUT2D eigenvalue weighted by molar-refractivity contribution is 8.05. The van der Waals surface area contributed by atoms with E-state index in [1.54, 1.807) is 0 Å². The number of rotatable bonds is 6. The van der Waals surface area contributed by atoms with Crippen LogP contribution in [0, 0.1) is 17.3 Å². The van der Waals surface area contributed by atoms with Crippen LogP contribution in [0.5, 0.6) is 0 Å². The smallest absolute Gasteiger partial charge is 0.390 e. The van der Waals surface area contributed by atoms with Gasteiger partial charge in [-0.25, -0.2) is 16.8 Å². The number of carbonyl (C=O) groups excluding carboxylic acids is 1. The van der Waals surface area contributed by atoms with E-state index >= 15 is 0 Å². The normalized spacial score (nSPS) is 38.1. The summed E-state index contributed by atoms with van der Waals surface area (Å²) in [5.74, 6) is -1.52. The molecule has 0 radical (unpaired) electrons. The van der Waals surface area contributed by atoms with Gasteiger partial charge in [0.15, 0.2) is 0 Å². The first-order valence-corrected chi connectivity index (χ1v) is 11.4. The molecule has 4 rings (SSSR count). The second kappa shape index (κ2) is 5.43. The molecule has 4 fully saturated rings. The van der Waals surface area contributed by atoms with Crippen LogP contribution in [0.3, 0.4) is 0 Å². The van der Waals surface area contributed by atoms with E-state index in [1.807, 2.05) is 0 Å². The maximum atomic E-state index is 14.2. The molecular weight excluding hydrogens is 380 g/mol. The lowest BCUT2D eigenvalue weighted by Crippen LogP contribution is -2.57. The number of hydrogen-bond acceptors (Lipinski definition) is 6. The van der Waals surface area contributed by atoms with Crippen LogP contribution in [0.15, 0.2) is 0 Å². The number of Topliss-reactive ketones (excluding diaryl/α,β-unsaturated/α-hetero) is 1. The molecule has 2 N–H and O–H groups in total. The van der Waals surface area contributed by atoms with Gasteiger partial charge in [-0.15, -0.1) is 4.13 Å². The maximum Gasteiger partial charge on any atom is 0.416 e. The predicted octanol–water partition coefficient (Wildman–Crippen LogP) is 0.749. The predicted molar refractivity (Wildman–Crippen MR) is 83.5 cm³/mol. The van der Waals surface area contributed by atoms with Crippen molar-refractivity contribution in [1.82, 2.24) is 4.13 Å². The van der Waals surface area contributed by atoms with Gasteiger partial charge in [-0.2, -0.15) is 8.78 Å². The molecule has 0 aromatic heterocycles. The number of ketones is 1. The molecule has 2 unspecified atom stereocenters. The largest absolute Gasteiger partial charge is 0.416 e. The highest BCUT2D eigenvalue weighted by Crippen LogP contribution is 2.63. The van der Waals surface area contributed by atoms with Gasteiger partial charge in [-0.05, 0) is 55.8 Å². The number of carbonyl (C=O) groups is 1. The summed E-state index contributed by atoms with van der Waals surface area (Å²) in [5, 5.41) is 5.74. The summed E-state index contributed by atoms with van der Waals surface area (Å²) in [6.07, 6.45) is 3.02. The van der Waals surface area contributed by atoms with Crippen LogP contribution in [-0.2, 0) is 24.8 Å². The van der Waals surface area contributed by atoms with Crippen molar-refractivity contribution >= 4 is 25.8 Å². The first-order chi connectivity index (χ1) is 11.2. The molecule has 11 heteroatoms. The fourth-order valence-electron chi connectivity index (χ4n) is 5.45. The van der Waals surface area contributed by atoms with E-state index in [0.29, 0.717) is 31.9 Å². The fraction of sp³-hybridized carbons (Fsp3) is 0.929. The van der Waals surface area contributed by atoms with Crippen molar-refractivity contribution in [2.45, 2.75) is 55.8 Å². The Bertz CT molecular complexity index is 793. The molecule has 0 saturated heterocycles. The van der Waals surface area contributed by atoms with Gasteiger partial charge in [0, 0.05) is 6.42 Å². The number of nitrogens with one attached hydrogen (secondary N) is 1. The van der Waals surface area contributed by atoms with Crippen LogP contribution in [0.2, 0.25) is 0 Å². The summed E-state index contributed by atoms with van der Waals surface area (Å²) < 4.78 is 74.5. The third-order valence-electron chi connectivity index (χ3n) is 5.61.